The Bertz CT molecular complexity index is 300. The third kappa shape index (κ3) is 3.99. The Morgan fingerprint density at radius 3 is 2.05 bits per heavy atom. The lowest BCUT2D eigenvalue weighted by atomic mass is 9.85. The predicted octanol–water partition coefficient (Wildman–Crippen LogP) is 4.28. The molecular formula is C16H27NO2. The van der Waals surface area contributed by atoms with Gasteiger partial charge in [-0.15, -0.1) is 0 Å². The molecule has 0 aromatic carbocycles. The molecule has 1 saturated heterocycles. The minimum Gasteiger partial charge on any atom is -0.439 e. The fourth-order valence-electron chi connectivity index (χ4n) is 3.17. The average Bonchev–Trinajstić information content (AvgIpc) is 2.39. The molecule has 0 aromatic heterocycles. The highest BCUT2D eigenvalue weighted by Crippen LogP contribution is 2.33. The van der Waals surface area contributed by atoms with Crippen molar-refractivity contribution in [3.05, 3.63) is 12.7 Å². The number of ether oxygens (including phenoxy) is 1. The third-order valence-corrected chi connectivity index (χ3v) is 4.48. The molecule has 0 unspecified atom stereocenters. The number of nitrogens with zero attached hydrogens (tertiary/aromatic N) is 1. The fraction of sp³-hybridized carbons (Fsp3) is 0.812. The molecule has 108 valence electrons. The van der Waals surface area contributed by atoms with Crippen molar-refractivity contribution in [2.24, 2.45) is 0 Å². The van der Waals surface area contributed by atoms with E-state index in [0.29, 0.717) is 0 Å². The summed E-state index contributed by atoms with van der Waals surface area (Å²) in [5.41, 5.74) is -0.391. The van der Waals surface area contributed by atoms with Crippen LogP contribution in [0.2, 0.25) is 0 Å². The smallest absolute Gasteiger partial charge is 0.410 e. The van der Waals surface area contributed by atoms with Crippen LogP contribution in [0.1, 0.15) is 64.2 Å². The largest absolute Gasteiger partial charge is 0.439 e. The first-order valence-electron chi connectivity index (χ1n) is 7.87. The molecule has 0 atom stereocenters. The first-order chi connectivity index (χ1) is 9.26. The van der Waals surface area contributed by atoms with Gasteiger partial charge < -0.3 is 9.64 Å². The Balaban J connectivity index is 1.91. The Kier molecular flexibility index (Phi) is 5.29. The van der Waals surface area contributed by atoms with Crippen molar-refractivity contribution in [3.8, 4) is 0 Å². The van der Waals surface area contributed by atoms with Crippen LogP contribution in [-0.4, -0.2) is 29.7 Å². The van der Waals surface area contributed by atoms with Crippen LogP contribution in [0.5, 0.6) is 0 Å². The summed E-state index contributed by atoms with van der Waals surface area (Å²) in [5.74, 6) is 0. The Morgan fingerprint density at radius 1 is 0.947 bits per heavy atom. The van der Waals surface area contributed by atoms with E-state index < -0.39 is 5.60 Å². The molecule has 0 radical (unpaired) electrons. The van der Waals surface area contributed by atoms with Crippen LogP contribution in [0.15, 0.2) is 12.7 Å². The topological polar surface area (TPSA) is 29.5 Å². The Labute approximate surface area is 117 Å². The van der Waals surface area contributed by atoms with Crippen molar-refractivity contribution in [1.29, 1.82) is 0 Å². The molecule has 1 amide bonds. The monoisotopic (exact) mass is 265 g/mol. The second kappa shape index (κ2) is 6.97. The summed E-state index contributed by atoms with van der Waals surface area (Å²) in [7, 11) is 0. The van der Waals surface area contributed by atoms with Gasteiger partial charge in [-0.05, 0) is 44.6 Å². The van der Waals surface area contributed by atoms with E-state index in [0.717, 1.165) is 51.6 Å². The van der Waals surface area contributed by atoms with Gasteiger partial charge in [0.1, 0.15) is 5.60 Å². The van der Waals surface area contributed by atoms with Crippen molar-refractivity contribution in [2.75, 3.05) is 13.1 Å². The van der Waals surface area contributed by atoms with Crippen molar-refractivity contribution in [1.82, 2.24) is 4.90 Å². The molecule has 2 fully saturated rings. The number of hydrogen-bond acceptors (Lipinski definition) is 2. The molecule has 1 heterocycles. The lowest BCUT2D eigenvalue weighted by Gasteiger charge is -2.36. The van der Waals surface area contributed by atoms with Gasteiger partial charge >= 0.3 is 6.09 Å². The van der Waals surface area contributed by atoms with Crippen LogP contribution in [0.25, 0.3) is 0 Å². The van der Waals surface area contributed by atoms with Crippen molar-refractivity contribution in [3.63, 3.8) is 0 Å². The highest BCUT2D eigenvalue weighted by molar-refractivity contribution is 5.68. The quantitative estimate of drug-likeness (QED) is 0.697. The van der Waals surface area contributed by atoms with Gasteiger partial charge in [0.15, 0.2) is 0 Å². The van der Waals surface area contributed by atoms with Gasteiger partial charge in [0.25, 0.3) is 0 Å². The van der Waals surface area contributed by atoms with E-state index in [1.165, 1.54) is 25.7 Å². The molecule has 0 aromatic rings. The van der Waals surface area contributed by atoms with E-state index in [-0.39, 0.29) is 6.09 Å². The summed E-state index contributed by atoms with van der Waals surface area (Å²) in [6.07, 6.45) is 13.1. The van der Waals surface area contributed by atoms with Gasteiger partial charge in [0, 0.05) is 13.1 Å². The molecule has 2 aliphatic rings. The van der Waals surface area contributed by atoms with E-state index in [4.69, 9.17) is 4.74 Å². The number of hydrogen-bond donors (Lipinski definition) is 0. The molecule has 1 aliphatic heterocycles. The number of carbonyl (C=O) groups is 1. The maximum atomic E-state index is 12.4. The van der Waals surface area contributed by atoms with Crippen LogP contribution in [0.3, 0.4) is 0 Å². The molecule has 0 spiro atoms. The number of likely N-dealkylation sites (tertiary alicyclic amines) is 1. The van der Waals surface area contributed by atoms with Gasteiger partial charge in [-0.1, -0.05) is 32.3 Å². The SMILES string of the molecule is C=CC1(OC(=O)N2CCCCCCC2)CCCCC1. The summed E-state index contributed by atoms with van der Waals surface area (Å²) >= 11 is 0. The number of rotatable bonds is 2. The molecular weight excluding hydrogens is 238 g/mol. The van der Waals surface area contributed by atoms with Crippen LogP contribution in [-0.2, 0) is 4.74 Å². The normalized spacial score (nSPS) is 24.1. The standard InChI is InChI=1S/C16H27NO2/c1-2-16(11-7-6-8-12-16)19-15(18)17-13-9-4-3-5-10-14-17/h2H,1,3-14H2. The fourth-order valence-corrected chi connectivity index (χ4v) is 3.17. The van der Waals surface area contributed by atoms with Gasteiger partial charge in [-0.25, -0.2) is 4.79 Å². The molecule has 19 heavy (non-hydrogen) atoms. The third-order valence-electron chi connectivity index (χ3n) is 4.48. The molecule has 1 saturated carbocycles. The molecule has 0 bridgehead atoms. The van der Waals surface area contributed by atoms with Gasteiger partial charge in [0.2, 0.25) is 0 Å². The van der Waals surface area contributed by atoms with E-state index >= 15 is 0 Å². The van der Waals surface area contributed by atoms with Gasteiger partial charge in [-0.3, -0.25) is 0 Å². The van der Waals surface area contributed by atoms with E-state index in [1.807, 2.05) is 11.0 Å². The van der Waals surface area contributed by atoms with Gasteiger partial charge in [0.05, 0.1) is 0 Å². The molecule has 1 aliphatic carbocycles. The average molecular weight is 265 g/mol. The van der Waals surface area contributed by atoms with Crippen molar-refractivity contribution < 1.29 is 9.53 Å². The van der Waals surface area contributed by atoms with Crippen LogP contribution in [0.4, 0.5) is 4.79 Å². The maximum absolute atomic E-state index is 12.4. The molecule has 3 nitrogen and oxygen atoms in total. The first kappa shape index (κ1) is 14.4. The summed E-state index contributed by atoms with van der Waals surface area (Å²) < 4.78 is 5.83. The zero-order valence-corrected chi connectivity index (χ0v) is 12.0. The zero-order chi connectivity index (χ0) is 13.6. The van der Waals surface area contributed by atoms with E-state index in [1.54, 1.807) is 0 Å². The number of carbonyl (C=O) groups excluding carboxylic acids is 1. The predicted molar refractivity (Wildman–Crippen MR) is 77.2 cm³/mol. The van der Waals surface area contributed by atoms with Crippen molar-refractivity contribution >= 4 is 6.09 Å². The summed E-state index contributed by atoms with van der Waals surface area (Å²) in [4.78, 5) is 14.3. The maximum Gasteiger partial charge on any atom is 0.410 e. The Morgan fingerprint density at radius 2 is 1.47 bits per heavy atom. The minimum absolute atomic E-state index is 0.122. The summed E-state index contributed by atoms with van der Waals surface area (Å²) in [5, 5.41) is 0. The second-order valence-electron chi connectivity index (χ2n) is 5.95. The first-order valence-corrected chi connectivity index (χ1v) is 7.87. The highest BCUT2D eigenvalue weighted by Gasteiger charge is 2.34. The lowest BCUT2D eigenvalue weighted by molar-refractivity contribution is -0.00199. The minimum atomic E-state index is -0.391. The van der Waals surface area contributed by atoms with Crippen LogP contribution in [0, 0.1) is 0 Å². The van der Waals surface area contributed by atoms with Crippen molar-refractivity contribution in [2.45, 2.75) is 69.8 Å². The summed E-state index contributed by atoms with van der Waals surface area (Å²) in [6, 6.07) is 0. The highest BCUT2D eigenvalue weighted by atomic mass is 16.6. The zero-order valence-electron chi connectivity index (χ0n) is 12.0. The van der Waals surface area contributed by atoms with Crippen LogP contribution >= 0.6 is 0 Å². The molecule has 0 N–H and O–H groups in total. The number of amides is 1. The molecule has 3 heteroatoms. The second-order valence-corrected chi connectivity index (χ2v) is 5.95. The molecule has 2 rings (SSSR count). The summed E-state index contributed by atoms with van der Waals surface area (Å²) in [6.45, 7) is 5.60. The Hall–Kier alpha value is -0.990. The lowest BCUT2D eigenvalue weighted by Crippen LogP contribution is -2.42. The van der Waals surface area contributed by atoms with Crippen LogP contribution < -0.4 is 0 Å². The van der Waals surface area contributed by atoms with Gasteiger partial charge in [-0.2, -0.15) is 0 Å². The van der Waals surface area contributed by atoms with E-state index in [9.17, 15) is 4.79 Å². The van der Waals surface area contributed by atoms with E-state index in [2.05, 4.69) is 6.58 Å².